The zero-order valence-electron chi connectivity index (χ0n) is 11.2. The van der Waals surface area contributed by atoms with Crippen molar-refractivity contribution in [3.63, 3.8) is 0 Å². The summed E-state index contributed by atoms with van der Waals surface area (Å²) in [4.78, 5) is 39.4. The first-order valence-corrected chi connectivity index (χ1v) is 9.88. The number of hydrogen-bond donors (Lipinski definition) is 4. The van der Waals surface area contributed by atoms with Crippen LogP contribution in [0.15, 0.2) is 10.6 Å². The first-order chi connectivity index (χ1) is 9.34. The van der Waals surface area contributed by atoms with Gasteiger partial charge in [-0.05, 0) is 0 Å². The van der Waals surface area contributed by atoms with E-state index in [1.807, 2.05) is 0 Å². The van der Waals surface area contributed by atoms with Gasteiger partial charge in [0.1, 0.15) is 0 Å². The van der Waals surface area contributed by atoms with E-state index < -0.39 is 45.5 Å². The molecule has 14 heteroatoms. The van der Waals surface area contributed by atoms with E-state index in [1.54, 1.807) is 0 Å². The molecule has 0 saturated heterocycles. The Morgan fingerprint density at radius 2 is 1.33 bits per heavy atom. The molecule has 4 N–H and O–H groups in total. The third-order valence-electron chi connectivity index (χ3n) is 2.23. The topological polar surface area (TPSA) is 177 Å². The lowest BCUT2D eigenvalue weighted by molar-refractivity contribution is -0.132. The van der Waals surface area contributed by atoms with Crippen LogP contribution in [0.4, 0.5) is 0 Å². The maximum absolute atomic E-state index is 11.8. The average Bonchev–Trinajstić information content (AvgIpc) is 2.37. The number of hydrogen-bond acceptors (Lipinski definition) is 7. The molecule has 0 aliphatic carbocycles. The molecule has 0 radical (unpaired) electrons. The van der Waals surface area contributed by atoms with E-state index in [-0.39, 0.29) is 0 Å². The summed E-state index contributed by atoms with van der Waals surface area (Å²) in [6.07, 6.45) is -1.30. The molecule has 0 amide bonds. The highest BCUT2D eigenvalue weighted by Crippen LogP contribution is 2.64. The van der Waals surface area contributed by atoms with Crippen molar-refractivity contribution in [2.75, 3.05) is 27.5 Å². The van der Waals surface area contributed by atoms with Crippen molar-refractivity contribution >= 4 is 28.8 Å². The smallest absolute Gasteiger partial charge is 0.366 e. The van der Waals surface area contributed by atoms with Gasteiger partial charge >= 0.3 is 28.8 Å². The van der Waals surface area contributed by atoms with Gasteiger partial charge in [-0.25, -0.2) is 4.79 Å². The van der Waals surface area contributed by atoms with E-state index in [9.17, 15) is 33.2 Å². The highest BCUT2D eigenvalue weighted by molar-refractivity contribution is 7.64. The SMILES string of the molecule is COP(=O)(O)CC(=C(C(=O)O)P(=O)(O)OC)P(=O)(O)OC. The lowest BCUT2D eigenvalue weighted by atomic mass is 10.5. The summed E-state index contributed by atoms with van der Waals surface area (Å²) in [5.41, 5.74) is 0. The minimum atomic E-state index is -5.02. The Morgan fingerprint density at radius 3 is 1.62 bits per heavy atom. The standard InChI is InChI=1S/C7H15O11P3/c1-16-19(10,11)4-5(20(12,13)17-2)6(7(8)9)21(14,15)18-3/h4H2,1-3H3,(H,8,9)(H,10,11)(H,12,13)(H,14,15). The Morgan fingerprint density at radius 1 is 0.905 bits per heavy atom. The van der Waals surface area contributed by atoms with Gasteiger partial charge in [-0.15, -0.1) is 0 Å². The lowest BCUT2D eigenvalue weighted by Crippen LogP contribution is -2.11. The van der Waals surface area contributed by atoms with Crippen LogP contribution in [0.5, 0.6) is 0 Å². The maximum atomic E-state index is 11.8. The largest absolute Gasteiger partial charge is 0.477 e. The third kappa shape index (κ3) is 5.41. The van der Waals surface area contributed by atoms with Crippen molar-refractivity contribution in [1.82, 2.24) is 0 Å². The summed E-state index contributed by atoms with van der Waals surface area (Å²) in [6.45, 7) is 0. The zero-order valence-corrected chi connectivity index (χ0v) is 13.9. The fraction of sp³-hybridized carbons (Fsp3) is 0.571. The zero-order chi connectivity index (χ0) is 17.1. The van der Waals surface area contributed by atoms with Gasteiger partial charge in [0.25, 0.3) is 0 Å². The number of rotatable bonds is 8. The molecule has 0 rings (SSSR count). The first-order valence-electron chi connectivity index (χ1n) is 4.96. The number of carbonyl (C=O) groups is 1. The van der Waals surface area contributed by atoms with E-state index in [0.29, 0.717) is 14.2 Å². The first kappa shape index (κ1) is 20.7. The predicted molar refractivity (Wildman–Crippen MR) is 70.0 cm³/mol. The van der Waals surface area contributed by atoms with Crippen molar-refractivity contribution < 1.29 is 51.8 Å². The fourth-order valence-corrected chi connectivity index (χ4v) is 5.37. The molecular weight excluding hydrogens is 353 g/mol. The molecule has 0 heterocycles. The average molecular weight is 368 g/mol. The molecule has 3 atom stereocenters. The Bertz CT molecular complexity index is 578. The number of allylic oxidation sites excluding steroid dienone is 1. The predicted octanol–water partition coefficient (Wildman–Crippen LogP) is 0.778. The van der Waals surface area contributed by atoms with E-state index in [2.05, 4.69) is 13.6 Å². The molecule has 124 valence electrons. The van der Waals surface area contributed by atoms with Gasteiger partial charge in [-0.1, -0.05) is 0 Å². The van der Waals surface area contributed by atoms with Gasteiger partial charge in [0, 0.05) is 21.3 Å². The van der Waals surface area contributed by atoms with Crippen LogP contribution in [0.2, 0.25) is 0 Å². The van der Waals surface area contributed by atoms with Crippen LogP contribution >= 0.6 is 22.8 Å². The summed E-state index contributed by atoms with van der Waals surface area (Å²) < 4.78 is 47.5. The van der Waals surface area contributed by atoms with Gasteiger partial charge in [0.05, 0.1) is 11.5 Å². The summed E-state index contributed by atoms with van der Waals surface area (Å²) in [7, 11) is -12.3. The summed E-state index contributed by atoms with van der Waals surface area (Å²) in [5, 5.41) is 6.19. The number of carboxylic acid groups (broad SMARTS) is 1. The van der Waals surface area contributed by atoms with Crippen LogP contribution in [-0.4, -0.2) is 53.2 Å². The molecule has 0 aromatic carbocycles. The van der Waals surface area contributed by atoms with E-state index in [4.69, 9.17) is 5.11 Å². The molecule has 0 aliphatic rings. The maximum Gasteiger partial charge on any atom is 0.366 e. The highest BCUT2D eigenvalue weighted by atomic mass is 31.2. The molecule has 0 bridgehead atoms. The Labute approximate surface area is 119 Å². The Balaban J connectivity index is 6.50. The minimum absolute atomic E-state index is 0.686. The van der Waals surface area contributed by atoms with Gasteiger partial charge in [-0.3, -0.25) is 13.7 Å². The molecule has 0 fully saturated rings. The second kappa shape index (κ2) is 7.28. The summed E-state index contributed by atoms with van der Waals surface area (Å²) in [5.74, 6) is -2.08. The van der Waals surface area contributed by atoms with Crippen LogP contribution in [0.3, 0.4) is 0 Å². The quantitative estimate of drug-likeness (QED) is 0.351. The summed E-state index contributed by atoms with van der Waals surface area (Å²) >= 11 is 0. The third-order valence-corrected chi connectivity index (χ3v) is 7.02. The van der Waals surface area contributed by atoms with Crippen molar-refractivity contribution in [1.29, 1.82) is 0 Å². The number of aliphatic carboxylic acids is 1. The van der Waals surface area contributed by atoms with Gasteiger partial charge < -0.3 is 33.4 Å². The number of carboxylic acids is 1. The van der Waals surface area contributed by atoms with Crippen LogP contribution in [0, 0.1) is 0 Å². The van der Waals surface area contributed by atoms with Crippen molar-refractivity contribution in [2.45, 2.75) is 0 Å². The van der Waals surface area contributed by atoms with Crippen molar-refractivity contribution in [3.8, 4) is 0 Å². The molecule has 0 aromatic rings. The monoisotopic (exact) mass is 368 g/mol. The highest BCUT2D eigenvalue weighted by Gasteiger charge is 2.43. The Kier molecular flexibility index (Phi) is 7.16. The fourth-order valence-electron chi connectivity index (χ4n) is 1.16. The molecule has 0 aliphatic heterocycles. The van der Waals surface area contributed by atoms with Crippen molar-refractivity contribution in [3.05, 3.63) is 10.6 Å². The van der Waals surface area contributed by atoms with Crippen molar-refractivity contribution in [2.24, 2.45) is 0 Å². The van der Waals surface area contributed by atoms with Crippen LogP contribution in [-0.2, 0) is 32.1 Å². The van der Waals surface area contributed by atoms with Gasteiger partial charge in [-0.2, -0.15) is 0 Å². The molecular formula is C7H15O11P3. The van der Waals surface area contributed by atoms with Crippen LogP contribution < -0.4 is 0 Å². The summed E-state index contributed by atoms with van der Waals surface area (Å²) in [6, 6.07) is 0. The minimum Gasteiger partial charge on any atom is -0.477 e. The molecule has 11 nitrogen and oxygen atoms in total. The van der Waals surface area contributed by atoms with E-state index in [0.717, 1.165) is 7.11 Å². The lowest BCUT2D eigenvalue weighted by Gasteiger charge is -2.20. The second-order valence-corrected chi connectivity index (χ2v) is 9.24. The van der Waals surface area contributed by atoms with Gasteiger partial charge in [0.15, 0.2) is 5.31 Å². The van der Waals surface area contributed by atoms with Gasteiger partial charge in [0.2, 0.25) is 0 Å². The van der Waals surface area contributed by atoms with Crippen LogP contribution in [0.1, 0.15) is 0 Å². The molecule has 3 unspecified atom stereocenters. The normalized spacial score (nSPS) is 21.6. The molecule has 0 aromatic heterocycles. The van der Waals surface area contributed by atoms with Crippen LogP contribution in [0.25, 0.3) is 0 Å². The van der Waals surface area contributed by atoms with E-state index in [1.165, 1.54) is 0 Å². The second-order valence-electron chi connectivity index (χ2n) is 3.48. The molecule has 21 heavy (non-hydrogen) atoms. The van der Waals surface area contributed by atoms with E-state index >= 15 is 0 Å². The molecule has 0 saturated carbocycles. The molecule has 0 spiro atoms. The Hall–Kier alpha value is -0.340.